The van der Waals surface area contributed by atoms with Gasteiger partial charge in [-0.1, -0.05) is 22.0 Å². The Morgan fingerprint density at radius 1 is 1.33 bits per heavy atom. The molecule has 0 N–H and O–H groups in total. The number of hydrogen-bond acceptors (Lipinski definition) is 3. The molecule has 0 unspecified atom stereocenters. The van der Waals surface area contributed by atoms with Crippen LogP contribution in [0.1, 0.15) is 26.3 Å². The number of amides is 1. The van der Waals surface area contributed by atoms with E-state index < -0.39 is 5.60 Å². The molecule has 1 amide bonds. The molecule has 0 saturated heterocycles. The van der Waals surface area contributed by atoms with Crippen molar-refractivity contribution in [1.82, 2.24) is 4.98 Å². The van der Waals surface area contributed by atoms with E-state index in [2.05, 4.69) is 27.0 Å². The van der Waals surface area contributed by atoms with E-state index in [1.54, 1.807) is 4.90 Å². The summed E-state index contributed by atoms with van der Waals surface area (Å²) in [6.45, 7) is 6.22. The fraction of sp³-hybridized carbons (Fsp3) is 0.375. The topological polar surface area (TPSA) is 42.4 Å². The normalized spacial score (nSPS) is 14.4. The quantitative estimate of drug-likeness (QED) is 0.712. The number of nitrogens with zero attached hydrogens (tertiary/aromatic N) is 2. The van der Waals surface area contributed by atoms with Crippen LogP contribution >= 0.6 is 15.9 Å². The number of fused-ring (bicyclic) bond motifs is 2. The fourth-order valence-corrected chi connectivity index (χ4v) is 2.77. The molecule has 1 aromatic carbocycles. The second-order valence-corrected chi connectivity index (χ2v) is 7.11. The lowest BCUT2D eigenvalue weighted by Crippen LogP contribution is -2.36. The van der Waals surface area contributed by atoms with Gasteiger partial charge in [-0.25, -0.2) is 9.78 Å². The van der Waals surface area contributed by atoms with E-state index in [0.717, 1.165) is 33.2 Å². The van der Waals surface area contributed by atoms with E-state index >= 15 is 0 Å². The zero-order valence-corrected chi connectivity index (χ0v) is 13.9. The SMILES string of the molecule is CC(C)(C)OC(=O)N1CCc2cc3ccc(Br)cc3nc21. The van der Waals surface area contributed by atoms with Gasteiger partial charge in [-0.05, 0) is 51.0 Å². The first-order valence-electron chi connectivity index (χ1n) is 6.93. The van der Waals surface area contributed by atoms with Gasteiger partial charge >= 0.3 is 6.09 Å². The predicted octanol–water partition coefficient (Wildman–Crippen LogP) is 4.29. The molecular formula is C16H17BrN2O2. The van der Waals surface area contributed by atoms with Gasteiger partial charge in [0.25, 0.3) is 0 Å². The monoisotopic (exact) mass is 348 g/mol. The first kappa shape index (κ1) is 14.3. The average molecular weight is 349 g/mol. The summed E-state index contributed by atoms with van der Waals surface area (Å²) in [5.74, 6) is 0.717. The molecule has 1 aromatic heterocycles. The number of carbonyl (C=O) groups excluding carboxylic acids is 1. The highest BCUT2D eigenvalue weighted by atomic mass is 79.9. The summed E-state index contributed by atoms with van der Waals surface area (Å²) in [5, 5.41) is 1.09. The van der Waals surface area contributed by atoms with Crippen LogP contribution in [-0.4, -0.2) is 23.2 Å². The van der Waals surface area contributed by atoms with Crippen LogP contribution in [-0.2, 0) is 11.2 Å². The Labute approximate surface area is 132 Å². The summed E-state index contributed by atoms with van der Waals surface area (Å²) < 4.78 is 6.43. The maximum atomic E-state index is 12.3. The average Bonchev–Trinajstić information content (AvgIpc) is 2.76. The molecule has 4 nitrogen and oxygen atoms in total. The highest BCUT2D eigenvalue weighted by molar-refractivity contribution is 9.10. The van der Waals surface area contributed by atoms with Gasteiger partial charge in [0.05, 0.1) is 5.52 Å². The van der Waals surface area contributed by atoms with E-state index in [-0.39, 0.29) is 6.09 Å². The van der Waals surface area contributed by atoms with Crippen molar-refractivity contribution in [2.45, 2.75) is 32.8 Å². The minimum atomic E-state index is -0.500. The number of benzene rings is 1. The van der Waals surface area contributed by atoms with Crippen molar-refractivity contribution < 1.29 is 9.53 Å². The van der Waals surface area contributed by atoms with Crippen molar-refractivity contribution in [3.05, 3.63) is 34.3 Å². The summed E-state index contributed by atoms with van der Waals surface area (Å²) in [5.41, 5.74) is 1.47. The van der Waals surface area contributed by atoms with E-state index in [4.69, 9.17) is 4.74 Å². The molecule has 0 fully saturated rings. The van der Waals surface area contributed by atoms with Crippen LogP contribution in [0.25, 0.3) is 10.9 Å². The van der Waals surface area contributed by atoms with E-state index in [9.17, 15) is 4.79 Å². The molecule has 0 saturated carbocycles. The van der Waals surface area contributed by atoms with Crippen LogP contribution in [0.4, 0.5) is 10.6 Å². The number of carbonyl (C=O) groups is 1. The van der Waals surface area contributed by atoms with Crippen LogP contribution in [0.15, 0.2) is 28.7 Å². The molecule has 0 atom stereocenters. The van der Waals surface area contributed by atoms with Gasteiger partial charge in [0.2, 0.25) is 0 Å². The van der Waals surface area contributed by atoms with Crippen LogP contribution in [0, 0.1) is 0 Å². The molecule has 2 aromatic rings. The summed E-state index contributed by atoms with van der Waals surface area (Å²) >= 11 is 3.45. The number of rotatable bonds is 0. The Morgan fingerprint density at radius 3 is 2.81 bits per heavy atom. The Bertz CT molecular complexity index is 722. The predicted molar refractivity (Wildman–Crippen MR) is 86.7 cm³/mol. The second-order valence-electron chi connectivity index (χ2n) is 6.19. The highest BCUT2D eigenvalue weighted by Crippen LogP contribution is 2.31. The van der Waals surface area contributed by atoms with Gasteiger partial charge in [0.1, 0.15) is 11.4 Å². The fourth-order valence-electron chi connectivity index (χ4n) is 2.42. The molecule has 21 heavy (non-hydrogen) atoms. The summed E-state index contributed by atoms with van der Waals surface area (Å²) in [7, 11) is 0. The molecule has 0 aliphatic carbocycles. The van der Waals surface area contributed by atoms with Crippen LogP contribution in [0.3, 0.4) is 0 Å². The van der Waals surface area contributed by atoms with E-state index in [0.29, 0.717) is 6.54 Å². The van der Waals surface area contributed by atoms with Crippen LogP contribution in [0.5, 0.6) is 0 Å². The largest absolute Gasteiger partial charge is 0.443 e. The maximum absolute atomic E-state index is 12.3. The molecule has 1 aliphatic rings. The smallest absolute Gasteiger partial charge is 0.416 e. The summed E-state index contributed by atoms with van der Waals surface area (Å²) in [6, 6.07) is 8.09. The van der Waals surface area contributed by atoms with Gasteiger partial charge in [0, 0.05) is 16.4 Å². The third kappa shape index (κ3) is 2.88. The van der Waals surface area contributed by atoms with Crippen molar-refractivity contribution in [3.63, 3.8) is 0 Å². The molecule has 110 valence electrons. The Hall–Kier alpha value is -1.62. The molecule has 0 bridgehead atoms. The van der Waals surface area contributed by atoms with Crippen molar-refractivity contribution >= 4 is 38.7 Å². The molecule has 5 heteroatoms. The van der Waals surface area contributed by atoms with Gasteiger partial charge in [0.15, 0.2) is 0 Å². The number of ether oxygens (including phenoxy) is 1. The minimum Gasteiger partial charge on any atom is -0.443 e. The van der Waals surface area contributed by atoms with Gasteiger partial charge in [-0.2, -0.15) is 0 Å². The molecule has 2 heterocycles. The van der Waals surface area contributed by atoms with Gasteiger partial charge in [-0.15, -0.1) is 0 Å². The molecule has 0 spiro atoms. The first-order valence-corrected chi connectivity index (χ1v) is 7.72. The second kappa shape index (κ2) is 4.98. The third-order valence-corrected chi connectivity index (χ3v) is 3.80. The summed E-state index contributed by atoms with van der Waals surface area (Å²) in [6.07, 6.45) is 0.483. The minimum absolute atomic E-state index is 0.330. The third-order valence-electron chi connectivity index (χ3n) is 3.31. The zero-order chi connectivity index (χ0) is 15.2. The van der Waals surface area contributed by atoms with Crippen LogP contribution < -0.4 is 4.90 Å². The van der Waals surface area contributed by atoms with Gasteiger partial charge < -0.3 is 4.74 Å². The highest BCUT2D eigenvalue weighted by Gasteiger charge is 2.30. The number of halogens is 1. The Morgan fingerprint density at radius 2 is 2.10 bits per heavy atom. The molecular weight excluding hydrogens is 332 g/mol. The first-order chi connectivity index (χ1) is 9.83. The van der Waals surface area contributed by atoms with Gasteiger partial charge in [-0.3, -0.25) is 4.90 Å². The maximum Gasteiger partial charge on any atom is 0.416 e. The molecule has 1 aliphatic heterocycles. The van der Waals surface area contributed by atoms with E-state index in [1.807, 2.05) is 39.0 Å². The van der Waals surface area contributed by atoms with Crippen LogP contribution in [0.2, 0.25) is 0 Å². The van der Waals surface area contributed by atoms with Crippen molar-refractivity contribution in [2.24, 2.45) is 0 Å². The lowest BCUT2D eigenvalue weighted by molar-refractivity contribution is 0.0583. The summed E-state index contributed by atoms with van der Waals surface area (Å²) in [4.78, 5) is 18.6. The Kier molecular flexibility index (Phi) is 3.40. The van der Waals surface area contributed by atoms with Crippen molar-refractivity contribution in [1.29, 1.82) is 0 Å². The zero-order valence-electron chi connectivity index (χ0n) is 12.3. The standard InChI is InChI=1S/C16H17BrN2O2/c1-16(2,3)21-15(20)19-7-6-11-8-10-4-5-12(17)9-13(10)18-14(11)19/h4-5,8-9H,6-7H2,1-3H3. The number of pyridine rings is 1. The lowest BCUT2D eigenvalue weighted by Gasteiger charge is -2.24. The van der Waals surface area contributed by atoms with Crippen molar-refractivity contribution in [2.75, 3.05) is 11.4 Å². The Balaban J connectivity index is 1.99. The number of aromatic nitrogens is 1. The van der Waals surface area contributed by atoms with Crippen molar-refractivity contribution in [3.8, 4) is 0 Å². The molecule has 0 radical (unpaired) electrons. The number of hydrogen-bond donors (Lipinski definition) is 0. The number of anilines is 1. The molecule has 3 rings (SSSR count). The lowest BCUT2D eigenvalue weighted by atomic mass is 10.1. The van der Waals surface area contributed by atoms with E-state index in [1.165, 1.54) is 0 Å².